The summed E-state index contributed by atoms with van der Waals surface area (Å²) in [5.41, 5.74) is 7.83. The van der Waals surface area contributed by atoms with Gasteiger partial charge in [-0.15, -0.1) is 0 Å². The number of pyridine rings is 1. The number of anilines is 1. The van der Waals surface area contributed by atoms with E-state index in [2.05, 4.69) is 57.4 Å². The Hall–Kier alpha value is -6.74. The van der Waals surface area contributed by atoms with Gasteiger partial charge in [-0.1, -0.05) is 119 Å². The minimum Gasteiger partial charge on any atom is -0.388 e. The van der Waals surface area contributed by atoms with Crippen molar-refractivity contribution >= 4 is 55.5 Å². The Bertz CT molecular complexity index is 2850. The first-order valence-electron chi connectivity index (χ1n) is 16.5. The average Bonchev–Trinajstić information content (AvgIpc) is 3.88. The summed E-state index contributed by atoms with van der Waals surface area (Å²) < 4.78 is 7.88. The van der Waals surface area contributed by atoms with Crippen molar-refractivity contribution < 1.29 is 9.21 Å². The lowest BCUT2D eigenvalue weighted by molar-refractivity contribution is -0.126. The highest BCUT2D eigenvalue weighted by molar-refractivity contribution is 6.15. The van der Waals surface area contributed by atoms with Crippen LogP contribution in [0.5, 0.6) is 0 Å². The van der Waals surface area contributed by atoms with E-state index in [1.54, 1.807) is 11.0 Å². The molecule has 5 heterocycles. The van der Waals surface area contributed by atoms with Crippen LogP contribution in [0.15, 0.2) is 137 Å². The van der Waals surface area contributed by atoms with Gasteiger partial charge in [0.25, 0.3) is 5.56 Å². The Morgan fingerprint density at radius 1 is 0.660 bits per heavy atom. The van der Waals surface area contributed by atoms with Crippen LogP contribution in [0.25, 0.3) is 60.9 Å². The molecule has 0 saturated carbocycles. The van der Waals surface area contributed by atoms with Gasteiger partial charge < -0.3 is 14.4 Å². The van der Waals surface area contributed by atoms with E-state index in [4.69, 9.17) is 4.42 Å². The maximum absolute atomic E-state index is 14.4. The molecule has 0 spiro atoms. The van der Waals surface area contributed by atoms with Crippen LogP contribution in [0.1, 0.15) is 28.7 Å². The van der Waals surface area contributed by atoms with E-state index >= 15 is 0 Å². The molecule has 9 aromatic rings. The van der Waals surface area contributed by atoms with Crippen LogP contribution in [-0.2, 0) is 4.79 Å². The first-order chi connectivity index (χ1) is 24.6. The number of nitrogens with one attached hydrogen (secondary N) is 2. The van der Waals surface area contributed by atoms with Crippen molar-refractivity contribution in [2.45, 2.75) is 18.9 Å². The number of carbonyl (C=O) groups is 1. The first-order valence-corrected chi connectivity index (χ1v) is 16.5. The van der Waals surface area contributed by atoms with E-state index in [9.17, 15) is 9.59 Å². The highest BCUT2D eigenvalue weighted by Gasteiger charge is 2.53. The lowest BCUT2D eigenvalue weighted by Crippen LogP contribution is -2.54. The molecule has 5 aromatic carbocycles. The maximum atomic E-state index is 14.4. The lowest BCUT2D eigenvalue weighted by Gasteiger charge is -2.45. The molecule has 0 bridgehead atoms. The normalized spacial score (nSPS) is 16.2. The van der Waals surface area contributed by atoms with Crippen molar-refractivity contribution in [3.05, 3.63) is 154 Å². The van der Waals surface area contributed by atoms with Crippen molar-refractivity contribution in [1.29, 1.82) is 0 Å². The molecule has 1 saturated heterocycles. The monoisotopic (exact) mass is 652 g/mol. The third kappa shape index (κ3) is 4.00. The number of β-lactam (4-membered cyclic amide) rings is 1. The highest BCUT2D eigenvalue weighted by atomic mass is 16.4. The molecule has 1 fully saturated rings. The second-order valence-corrected chi connectivity index (χ2v) is 12.8. The SMILES string of the molecule is Cc1ccc2[nH]c(-c3ccccc3)c(C3C(c4ccccc4)C(=O)N3c3nnc(-n4c(=O)c5ccccc5c5[nH]c6ccccc6c54)o3)c2c1. The molecule has 50 heavy (non-hydrogen) atoms. The molecule has 240 valence electrons. The minimum atomic E-state index is -0.503. The van der Waals surface area contributed by atoms with Gasteiger partial charge in [0, 0.05) is 38.1 Å². The second-order valence-electron chi connectivity index (χ2n) is 12.8. The van der Waals surface area contributed by atoms with Gasteiger partial charge in [0.2, 0.25) is 5.91 Å². The summed E-state index contributed by atoms with van der Waals surface area (Å²) in [6, 6.07) is 41.0. The second kappa shape index (κ2) is 10.6. The van der Waals surface area contributed by atoms with Gasteiger partial charge in [-0.05, 0) is 42.3 Å². The lowest BCUT2D eigenvalue weighted by atomic mass is 9.76. The summed E-state index contributed by atoms with van der Waals surface area (Å²) in [6.07, 6.45) is 0. The summed E-state index contributed by atoms with van der Waals surface area (Å²) in [7, 11) is 0. The van der Waals surface area contributed by atoms with Gasteiger partial charge in [-0.25, -0.2) is 4.57 Å². The number of hydrogen-bond acceptors (Lipinski definition) is 5. The zero-order valence-corrected chi connectivity index (χ0v) is 26.8. The van der Waals surface area contributed by atoms with Crippen molar-refractivity contribution in [2.24, 2.45) is 0 Å². The van der Waals surface area contributed by atoms with E-state index in [1.165, 1.54) is 4.57 Å². The van der Waals surface area contributed by atoms with Crippen LogP contribution >= 0.6 is 0 Å². The third-order valence-electron chi connectivity index (χ3n) is 9.94. The Balaban J connectivity index is 1.20. The highest BCUT2D eigenvalue weighted by Crippen LogP contribution is 2.53. The molecule has 1 aliphatic rings. The molecule has 1 amide bonds. The number of aromatic amines is 2. The minimum absolute atomic E-state index is 0.0155. The number of amides is 1. The molecule has 2 N–H and O–H groups in total. The van der Waals surface area contributed by atoms with Gasteiger partial charge >= 0.3 is 12.0 Å². The molecular formula is C41H28N6O3. The van der Waals surface area contributed by atoms with Gasteiger partial charge in [0.05, 0.1) is 28.7 Å². The van der Waals surface area contributed by atoms with Crippen LogP contribution in [-0.4, -0.2) is 30.6 Å². The smallest absolute Gasteiger partial charge is 0.331 e. The van der Waals surface area contributed by atoms with Crippen LogP contribution in [0.4, 0.5) is 6.01 Å². The number of carbonyl (C=O) groups excluding carboxylic acids is 1. The number of para-hydroxylation sites is 1. The number of benzene rings is 5. The maximum Gasteiger partial charge on any atom is 0.331 e. The summed E-state index contributed by atoms with van der Waals surface area (Å²) >= 11 is 0. The third-order valence-corrected chi connectivity index (χ3v) is 9.94. The predicted octanol–water partition coefficient (Wildman–Crippen LogP) is 8.34. The number of aryl methyl sites for hydroxylation is 1. The van der Waals surface area contributed by atoms with Crippen LogP contribution in [0.3, 0.4) is 0 Å². The van der Waals surface area contributed by atoms with Crippen molar-refractivity contribution in [3.8, 4) is 17.3 Å². The number of aromatic nitrogens is 5. The van der Waals surface area contributed by atoms with Gasteiger partial charge in [0.15, 0.2) is 0 Å². The first kappa shape index (κ1) is 28.3. The van der Waals surface area contributed by atoms with Gasteiger partial charge in [-0.3, -0.25) is 14.5 Å². The molecule has 2 atom stereocenters. The molecule has 4 aromatic heterocycles. The molecule has 9 nitrogen and oxygen atoms in total. The standard InChI is InChI=1S/C41H28N6O3/c1-23-20-21-31-29(22-23)33(34(42-31)25-14-6-3-7-15-25)37-32(24-12-4-2-5-13-24)39(49)47(37)41-45-44-40(50-41)46-36-28-18-10-11-19-30(28)43-35(36)26-16-8-9-17-27(26)38(46)48/h2-22,32,37,42-43H,1H3. The fraction of sp³-hybridized carbons (Fsp3) is 0.0732. The molecule has 1 aliphatic heterocycles. The van der Waals surface area contributed by atoms with E-state index < -0.39 is 12.0 Å². The van der Waals surface area contributed by atoms with Crippen molar-refractivity contribution in [2.75, 3.05) is 4.90 Å². The molecule has 2 unspecified atom stereocenters. The Labute approximate surface area is 284 Å². The zero-order valence-electron chi connectivity index (χ0n) is 26.8. The number of fused-ring (bicyclic) bond motifs is 6. The summed E-state index contributed by atoms with van der Waals surface area (Å²) in [6.45, 7) is 2.06. The quantitative estimate of drug-likeness (QED) is 0.182. The molecular weight excluding hydrogens is 624 g/mol. The zero-order chi connectivity index (χ0) is 33.5. The van der Waals surface area contributed by atoms with Crippen LogP contribution in [0, 0.1) is 6.92 Å². The number of rotatable bonds is 5. The molecule has 0 aliphatic carbocycles. The molecule has 0 radical (unpaired) electrons. The largest absolute Gasteiger partial charge is 0.388 e. The number of hydrogen-bond donors (Lipinski definition) is 2. The summed E-state index contributed by atoms with van der Waals surface area (Å²) in [5.74, 6) is -0.669. The van der Waals surface area contributed by atoms with Gasteiger partial charge in [0.1, 0.15) is 0 Å². The topological polar surface area (TPSA) is 113 Å². The summed E-state index contributed by atoms with van der Waals surface area (Å²) in [5, 5.41) is 12.0. The van der Waals surface area contributed by atoms with Gasteiger partial charge in [-0.2, -0.15) is 0 Å². The Morgan fingerprint density at radius 3 is 2.12 bits per heavy atom. The Morgan fingerprint density at radius 2 is 1.32 bits per heavy atom. The molecule has 9 heteroatoms. The van der Waals surface area contributed by atoms with Crippen LogP contribution < -0.4 is 10.5 Å². The van der Waals surface area contributed by atoms with Crippen LogP contribution in [0.2, 0.25) is 0 Å². The van der Waals surface area contributed by atoms with E-state index in [1.807, 2.05) is 91.0 Å². The van der Waals surface area contributed by atoms with Crippen molar-refractivity contribution in [1.82, 2.24) is 24.7 Å². The summed E-state index contributed by atoms with van der Waals surface area (Å²) in [4.78, 5) is 37.3. The predicted molar refractivity (Wildman–Crippen MR) is 195 cm³/mol. The fourth-order valence-corrected chi connectivity index (χ4v) is 7.69. The van der Waals surface area contributed by atoms with E-state index in [0.29, 0.717) is 10.9 Å². The Kier molecular flexibility index (Phi) is 6.02. The number of nitrogens with zero attached hydrogens (tertiary/aromatic N) is 4. The number of H-pyrrole nitrogens is 2. The fourth-order valence-electron chi connectivity index (χ4n) is 7.69. The van der Waals surface area contributed by atoms with E-state index in [0.717, 1.165) is 60.7 Å². The molecule has 10 rings (SSSR count). The van der Waals surface area contributed by atoms with Crippen molar-refractivity contribution in [3.63, 3.8) is 0 Å². The average molecular weight is 653 g/mol. The van der Waals surface area contributed by atoms with E-state index in [-0.39, 0.29) is 23.5 Å².